The molecule has 0 aliphatic carbocycles. The van der Waals surface area contributed by atoms with Gasteiger partial charge >= 0.3 is 0 Å². The zero-order valence-electron chi connectivity index (χ0n) is 12.7. The Hall–Kier alpha value is -1.10. The molecule has 0 amide bonds. The third kappa shape index (κ3) is 5.65. The van der Waals surface area contributed by atoms with Crippen LogP contribution in [0.2, 0.25) is 0 Å². The van der Waals surface area contributed by atoms with Gasteiger partial charge in [-0.15, -0.1) is 0 Å². The van der Waals surface area contributed by atoms with E-state index in [1.807, 2.05) is 0 Å². The molecular weight excluding hydrogens is 290 g/mol. The minimum absolute atomic E-state index is 0.307. The molecule has 1 heterocycles. The summed E-state index contributed by atoms with van der Waals surface area (Å²) < 4.78 is 26.2. The van der Waals surface area contributed by atoms with E-state index in [4.69, 9.17) is 0 Å². The Balaban J connectivity index is 1.75. The molecule has 0 bridgehead atoms. The highest BCUT2D eigenvalue weighted by Gasteiger charge is 2.24. The monoisotopic (exact) mass is 312 g/mol. The molecule has 0 saturated carbocycles. The van der Waals surface area contributed by atoms with E-state index in [0.717, 1.165) is 24.2 Å². The average molecular weight is 312 g/mol. The normalized spacial score (nSPS) is 18.7. The van der Waals surface area contributed by atoms with Crippen LogP contribution in [0.3, 0.4) is 0 Å². The standard InChI is InChI=1S/C16H22F2N2S/c1-16(2,3)9-14-10-20-15(21-14)19-5-4-11-6-12(17)8-13(18)7-11/h6-8,14H,4-5,9-10H2,1-3H3,(H,19,20). The predicted molar refractivity (Wildman–Crippen MR) is 85.8 cm³/mol. The third-order valence-electron chi connectivity index (χ3n) is 3.17. The molecule has 1 unspecified atom stereocenters. The molecule has 0 radical (unpaired) electrons. The van der Waals surface area contributed by atoms with Crippen LogP contribution in [0.15, 0.2) is 23.2 Å². The summed E-state index contributed by atoms with van der Waals surface area (Å²) in [5.41, 5.74) is 0.969. The van der Waals surface area contributed by atoms with Crippen LogP contribution in [0, 0.1) is 17.0 Å². The highest BCUT2D eigenvalue weighted by Crippen LogP contribution is 2.31. The average Bonchev–Trinajstić information content (AvgIpc) is 2.73. The van der Waals surface area contributed by atoms with Crippen molar-refractivity contribution in [2.75, 3.05) is 13.1 Å². The zero-order chi connectivity index (χ0) is 15.5. The Labute approximate surface area is 129 Å². The van der Waals surface area contributed by atoms with Gasteiger partial charge in [-0.1, -0.05) is 32.5 Å². The maximum atomic E-state index is 13.1. The molecule has 1 aliphatic rings. The number of halogens is 2. The molecule has 1 N–H and O–H groups in total. The summed E-state index contributed by atoms with van der Waals surface area (Å²) in [6.45, 7) is 8.18. The molecule has 21 heavy (non-hydrogen) atoms. The molecular formula is C16H22F2N2S. The van der Waals surface area contributed by atoms with Crippen molar-refractivity contribution < 1.29 is 8.78 Å². The Morgan fingerprint density at radius 3 is 2.52 bits per heavy atom. The minimum atomic E-state index is -0.525. The van der Waals surface area contributed by atoms with Crippen molar-refractivity contribution in [3.05, 3.63) is 35.4 Å². The van der Waals surface area contributed by atoms with Gasteiger partial charge in [0.2, 0.25) is 0 Å². The second-order valence-electron chi connectivity index (χ2n) is 6.60. The van der Waals surface area contributed by atoms with E-state index in [-0.39, 0.29) is 0 Å². The molecule has 0 saturated heterocycles. The van der Waals surface area contributed by atoms with Gasteiger partial charge in [0.25, 0.3) is 0 Å². The smallest absolute Gasteiger partial charge is 0.156 e. The number of nitrogens with one attached hydrogen (secondary N) is 1. The van der Waals surface area contributed by atoms with Gasteiger partial charge in [-0.25, -0.2) is 8.78 Å². The summed E-state index contributed by atoms with van der Waals surface area (Å²) in [4.78, 5) is 4.49. The lowest BCUT2D eigenvalue weighted by Crippen LogP contribution is -2.23. The lowest BCUT2D eigenvalue weighted by molar-refractivity contribution is 0.375. The molecule has 2 rings (SSSR count). The zero-order valence-corrected chi connectivity index (χ0v) is 13.6. The third-order valence-corrected chi connectivity index (χ3v) is 4.31. The molecule has 0 spiro atoms. The summed E-state index contributed by atoms with van der Waals surface area (Å²) in [6.07, 6.45) is 1.71. The van der Waals surface area contributed by atoms with Crippen LogP contribution in [0.25, 0.3) is 0 Å². The Morgan fingerprint density at radius 1 is 1.24 bits per heavy atom. The number of nitrogens with zero attached hydrogens (tertiary/aromatic N) is 1. The van der Waals surface area contributed by atoms with Gasteiger partial charge in [-0.3, -0.25) is 4.99 Å². The summed E-state index contributed by atoms with van der Waals surface area (Å²) in [5, 5.41) is 4.73. The molecule has 1 atom stereocenters. The number of hydrogen-bond acceptors (Lipinski definition) is 3. The van der Waals surface area contributed by atoms with Gasteiger partial charge in [0.15, 0.2) is 5.17 Å². The van der Waals surface area contributed by atoms with Crippen molar-refractivity contribution in [1.82, 2.24) is 5.32 Å². The van der Waals surface area contributed by atoms with E-state index < -0.39 is 11.6 Å². The summed E-state index contributed by atoms with van der Waals surface area (Å²) in [7, 11) is 0. The van der Waals surface area contributed by atoms with Crippen LogP contribution in [0.4, 0.5) is 8.78 Å². The maximum absolute atomic E-state index is 13.1. The number of benzene rings is 1. The first-order valence-corrected chi connectivity index (χ1v) is 8.10. The van der Waals surface area contributed by atoms with E-state index >= 15 is 0 Å². The van der Waals surface area contributed by atoms with E-state index in [2.05, 4.69) is 31.1 Å². The SMILES string of the molecule is CC(C)(C)CC1CN=C(NCCc2cc(F)cc(F)c2)S1. The molecule has 2 nitrogen and oxygen atoms in total. The first kappa shape index (κ1) is 16.3. The van der Waals surface area contributed by atoms with E-state index in [9.17, 15) is 8.78 Å². The van der Waals surface area contributed by atoms with Gasteiger partial charge in [0.05, 0.1) is 6.54 Å². The number of rotatable bonds is 4. The van der Waals surface area contributed by atoms with Gasteiger partial charge in [0.1, 0.15) is 11.6 Å². The van der Waals surface area contributed by atoms with Gasteiger partial charge in [0, 0.05) is 17.9 Å². The summed E-state index contributed by atoms with van der Waals surface area (Å²) in [6, 6.07) is 3.64. The molecule has 1 aromatic rings. The quantitative estimate of drug-likeness (QED) is 0.908. The fourth-order valence-corrected chi connectivity index (χ4v) is 3.76. The fraction of sp³-hybridized carbons (Fsp3) is 0.562. The van der Waals surface area contributed by atoms with E-state index in [1.165, 1.54) is 12.1 Å². The Bertz CT molecular complexity index is 503. The van der Waals surface area contributed by atoms with Crippen LogP contribution in [0.5, 0.6) is 0 Å². The van der Waals surface area contributed by atoms with Crippen LogP contribution in [-0.2, 0) is 6.42 Å². The number of aliphatic imine (C=N–C) groups is 1. The van der Waals surface area contributed by atoms with Gasteiger partial charge in [-0.2, -0.15) is 0 Å². The fourth-order valence-electron chi connectivity index (χ4n) is 2.37. The highest BCUT2D eigenvalue weighted by atomic mass is 32.2. The summed E-state index contributed by atoms with van der Waals surface area (Å²) in [5.74, 6) is -1.05. The van der Waals surface area contributed by atoms with Crippen LogP contribution < -0.4 is 5.32 Å². The van der Waals surface area contributed by atoms with Crippen molar-refractivity contribution in [3.63, 3.8) is 0 Å². The van der Waals surface area contributed by atoms with Gasteiger partial charge in [-0.05, 0) is 36.0 Å². The topological polar surface area (TPSA) is 24.4 Å². The molecule has 1 aromatic carbocycles. The van der Waals surface area contributed by atoms with Gasteiger partial charge < -0.3 is 5.32 Å². The Morgan fingerprint density at radius 2 is 1.90 bits per heavy atom. The molecule has 0 fully saturated rings. The molecule has 0 aromatic heterocycles. The van der Waals surface area contributed by atoms with Crippen molar-refractivity contribution >= 4 is 16.9 Å². The van der Waals surface area contributed by atoms with Crippen molar-refractivity contribution in [2.24, 2.45) is 10.4 Å². The largest absolute Gasteiger partial charge is 0.365 e. The van der Waals surface area contributed by atoms with E-state index in [0.29, 0.717) is 29.2 Å². The predicted octanol–water partition coefficient (Wildman–Crippen LogP) is 4.00. The first-order valence-electron chi connectivity index (χ1n) is 7.22. The number of amidine groups is 1. The van der Waals surface area contributed by atoms with Crippen LogP contribution >= 0.6 is 11.8 Å². The lowest BCUT2D eigenvalue weighted by Gasteiger charge is -2.21. The molecule has 5 heteroatoms. The molecule has 116 valence electrons. The van der Waals surface area contributed by atoms with Crippen molar-refractivity contribution in [1.29, 1.82) is 0 Å². The minimum Gasteiger partial charge on any atom is -0.365 e. The number of thioether (sulfide) groups is 1. The molecule has 1 aliphatic heterocycles. The Kier molecular flexibility index (Phi) is 5.25. The number of hydrogen-bond donors (Lipinski definition) is 1. The summed E-state index contributed by atoms with van der Waals surface area (Å²) >= 11 is 1.77. The van der Waals surface area contributed by atoms with Crippen LogP contribution in [-0.4, -0.2) is 23.5 Å². The lowest BCUT2D eigenvalue weighted by atomic mass is 9.90. The van der Waals surface area contributed by atoms with Crippen molar-refractivity contribution in [3.8, 4) is 0 Å². The van der Waals surface area contributed by atoms with Crippen LogP contribution in [0.1, 0.15) is 32.8 Å². The highest BCUT2D eigenvalue weighted by molar-refractivity contribution is 8.14. The van der Waals surface area contributed by atoms with Crippen molar-refractivity contribution in [2.45, 2.75) is 38.9 Å². The first-order chi connectivity index (χ1) is 9.82. The van der Waals surface area contributed by atoms with E-state index in [1.54, 1.807) is 11.8 Å². The second-order valence-corrected chi connectivity index (χ2v) is 7.89. The maximum Gasteiger partial charge on any atom is 0.156 e. The second kappa shape index (κ2) is 6.77.